The van der Waals surface area contributed by atoms with E-state index in [1.54, 1.807) is 31.5 Å². The van der Waals surface area contributed by atoms with Crippen molar-refractivity contribution in [2.24, 2.45) is 0 Å². The first-order valence-electron chi connectivity index (χ1n) is 13.5. The molecule has 2 amide bonds. The van der Waals surface area contributed by atoms with Gasteiger partial charge in [-0.25, -0.2) is 9.18 Å². The van der Waals surface area contributed by atoms with Crippen LogP contribution in [0.15, 0.2) is 72.9 Å². The molecule has 0 aliphatic rings. The third kappa shape index (κ3) is 8.34. The molecular formula is C31H33FN4O5S. The zero-order valence-electron chi connectivity index (χ0n) is 23.7. The smallest absolute Gasteiger partial charge is 0.329 e. The fourth-order valence-electron chi connectivity index (χ4n) is 4.15. The number of hydrogen-bond donors (Lipinski definition) is 2. The lowest BCUT2D eigenvalue weighted by Gasteiger charge is -2.19. The number of pyridine rings is 1. The van der Waals surface area contributed by atoms with Gasteiger partial charge in [0.05, 0.1) is 12.6 Å². The Morgan fingerprint density at radius 3 is 2.45 bits per heavy atom. The number of carbonyl (C=O) groups excluding carboxylic acids is 2. The number of anilines is 1. The van der Waals surface area contributed by atoms with E-state index in [1.165, 1.54) is 12.1 Å². The van der Waals surface area contributed by atoms with Gasteiger partial charge in [0, 0.05) is 54.3 Å². The lowest BCUT2D eigenvalue weighted by Crippen LogP contribution is -2.27. The Hall–Kier alpha value is -4.35. The molecule has 4 aromatic rings. The summed E-state index contributed by atoms with van der Waals surface area (Å²) in [6, 6.07) is 17.7. The Balaban J connectivity index is 1.39. The van der Waals surface area contributed by atoms with E-state index in [2.05, 4.69) is 33.8 Å². The van der Waals surface area contributed by atoms with Gasteiger partial charge in [0.1, 0.15) is 12.4 Å². The van der Waals surface area contributed by atoms with E-state index in [9.17, 15) is 14.0 Å². The van der Waals surface area contributed by atoms with Crippen molar-refractivity contribution in [2.75, 3.05) is 38.7 Å². The molecular weight excluding hydrogens is 559 g/mol. The van der Waals surface area contributed by atoms with Crippen molar-refractivity contribution in [2.45, 2.75) is 20.3 Å². The molecule has 0 spiro atoms. The maximum atomic E-state index is 15.0. The van der Waals surface area contributed by atoms with Crippen molar-refractivity contribution in [1.29, 1.82) is 0 Å². The summed E-state index contributed by atoms with van der Waals surface area (Å²) in [7, 11) is 1.55. The van der Waals surface area contributed by atoms with Crippen LogP contribution in [0.4, 0.5) is 14.9 Å². The molecule has 1 aromatic heterocycles. The predicted molar refractivity (Wildman–Crippen MR) is 163 cm³/mol. The van der Waals surface area contributed by atoms with Crippen LogP contribution in [0.1, 0.15) is 19.4 Å². The Morgan fingerprint density at radius 2 is 1.74 bits per heavy atom. The van der Waals surface area contributed by atoms with Crippen LogP contribution < -0.4 is 24.2 Å². The molecule has 0 bridgehead atoms. The highest BCUT2D eigenvalue weighted by Gasteiger charge is 2.15. The number of amides is 2. The molecule has 220 valence electrons. The molecule has 0 unspecified atom stereocenters. The lowest BCUT2D eigenvalue weighted by atomic mass is 10.1. The van der Waals surface area contributed by atoms with Gasteiger partial charge >= 0.3 is 6.03 Å². The normalized spacial score (nSPS) is 10.9. The molecule has 0 aliphatic carbocycles. The highest BCUT2D eigenvalue weighted by atomic mass is 32.2. The molecule has 0 atom stereocenters. The fourth-order valence-corrected chi connectivity index (χ4v) is 4.65. The van der Waals surface area contributed by atoms with E-state index >= 15 is 0 Å². The van der Waals surface area contributed by atoms with Gasteiger partial charge in [-0.1, -0.05) is 44.2 Å². The van der Waals surface area contributed by atoms with Gasteiger partial charge in [-0.3, -0.25) is 14.5 Å². The van der Waals surface area contributed by atoms with Crippen LogP contribution in [0.25, 0.3) is 10.9 Å². The number of urea groups is 1. The molecule has 0 saturated carbocycles. The number of rotatable bonds is 12. The summed E-state index contributed by atoms with van der Waals surface area (Å²) in [5.41, 5.74) is 1.64. The second-order valence-electron chi connectivity index (χ2n) is 9.14. The van der Waals surface area contributed by atoms with E-state index in [1.807, 2.05) is 30.3 Å². The van der Waals surface area contributed by atoms with Gasteiger partial charge in [0.15, 0.2) is 23.1 Å². The molecule has 9 nitrogen and oxygen atoms in total. The van der Waals surface area contributed by atoms with Gasteiger partial charge in [-0.15, -0.1) is 0 Å². The van der Waals surface area contributed by atoms with E-state index in [0.717, 1.165) is 31.3 Å². The fraction of sp³-hybridized carbons (Fsp3) is 0.258. The average Bonchev–Trinajstić information content (AvgIpc) is 3.00. The first-order valence-corrected chi connectivity index (χ1v) is 14.3. The Labute approximate surface area is 248 Å². The van der Waals surface area contributed by atoms with Gasteiger partial charge in [0.2, 0.25) is 5.12 Å². The van der Waals surface area contributed by atoms with Crippen molar-refractivity contribution in [3.05, 3.63) is 84.3 Å². The highest BCUT2D eigenvalue weighted by molar-refractivity contribution is 8.12. The summed E-state index contributed by atoms with van der Waals surface area (Å²) in [6.07, 6.45) is 1.74. The Bertz CT molecular complexity index is 1520. The minimum absolute atomic E-state index is 0.0422. The largest absolute Gasteiger partial charge is 0.493 e. The molecule has 0 fully saturated rings. The van der Waals surface area contributed by atoms with Crippen LogP contribution in [-0.2, 0) is 11.2 Å². The number of benzene rings is 3. The van der Waals surface area contributed by atoms with E-state index in [0.29, 0.717) is 46.7 Å². The molecule has 2 N–H and O–H groups in total. The molecule has 1 heterocycles. The number of likely N-dealkylation sites (N-methyl/N-ethyl adjacent to an activating group) is 1. The van der Waals surface area contributed by atoms with E-state index < -0.39 is 11.8 Å². The first kappa shape index (κ1) is 30.6. The Morgan fingerprint density at radius 1 is 0.952 bits per heavy atom. The number of aromatic nitrogens is 1. The van der Waals surface area contributed by atoms with Crippen molar-refractivity contribution >= 4 is 39.7 Å². The standard InChI is InChI=1S/C31H33FN4O5S/c1-4-36(5-2)15-16-40-29-20-25-23(19-28(29)39-3)26(13-14-33-25)41-27-12-11-22(18-24(27)32)34-31(38)35-42-30(37)17-21-9-7-6-8-10-21/h6-14,18-20H,4-5,15-17H2,1-3H3,(H2,34,35,38). The molecule has 11 heteroatoms. The molecule has 42 heavy (non-hydrogen) atoms. The number of ether oxygens (including phenoxy) is 3. The second kappa shape index (κ2) is 15.0. The maximum absolute atomic E-state index is 15.0. The summed E-state index contributed by atoms with van der Waals surface area (Å²) in [6.45, 7) is 7.35. The van der Waals surface area contributed by atoms with Gasteiger partial charge in [-0.05, 0) is 42.9 Å². The molecule has 4 rings (SSSR count). The molecule has 0 radical (unpaired) electrons. The lowest BCUT2D eigenvalue weighted by molar-refractivity contribution is -0.110. The second-order valence-corrected chi connectivity index (χ2v) is 10.0. The predicted octanol–water partition coefficient (Wildman–Crippen LogP) is 6.43. The topological polar surface area (TPSA) is 102 Å². The van der Waals surface area contributed by atoms with E-state index in [4.69, 9.17) is 14.2 Å². The number of halogens is 1. The van der Waals surface area contributed by atoms with Crippen molar-refractivity contribution in [3.8, 4) is 23.0 Å². The summed E-state index contributed by atoms with van der Waals surface area (Å²) in [5.74, 6) is 0.708. The van der Waals surface area contributed by atoms with Crippen molar-refractivity contribution in [3.63, 3.8) is 0 Å². The zero-order chi connectivity index (χ0) is 29.9. The van der Waals surface area contributed by atoms with Crippen LogP contribution in [-0.4, -0.2) is 54.4 Å². The van der Waals surface area contributed by atoms with Crippen LogP contribution >= 0.6 is 11.9 Å². The van der Waals surface area contributed by atoms with Crippen LogP contribution in [0.5, 0.6) is 23.0 Å². The number of nitrogens with one attached hydrogen (secondary N) is 2. The molecule has 0 saturated heterocycles. The first-order chi connectivity index (χ1) is 20.4. The summed E-state index contributed by atoms with van der Waals surface area (Å²) >= 11 is 0.673. The minimum atomic E-state index is -0.686. The monoisotopic (exact) mass is 592 g/mol. The SMILES string of the molecule is CCN(CC)CCOc1cc2nccc(Oc3ccc(NC(=O)NSC(=O)Cc4ccccc4)cc3F)c2cc1OC. The number of fused-ring (bicyclic) bond motifs is 1. The summed E-state index contributed by atoms with van der Waals surface area (Å²) in [5, 5.41) is 2.90. The number of hydrogen-bond acceptors (Lipinski definition) is 8. The number of nitrogens with zero attached hydrogens (tertiary/aromatic N) is 2. The van der Waals surface area contributed by atoms with Crippen LogP contribution in [0.3, 0.4) is 0 Å². The molecule has 0 aliphatic heterocycles. The van der Waals surface area contributed by atoms with Gasteiger partial charge < -0.3 is 24.4 Å². The van der Waals surface area contributed by atoms with Crippen LogP contribution in [0.2, 0.25) is 0 Å². The Kier molecular flexibility index (Phi) is 11.0. The van der Waals surface area contributed by atoms with E-state index in [-0.39, 0.29) is 23.0 Å². The van der Waals surface area contributed by atoms with Crippen molar-refractivity contribution in [1.82, 2.24) is 14.6 Å². The number of carbonyl (C=O) groups is 2. The van der Waals surface area contributed by atoms with Gasteiger partial charge in [-0.2, -0.15) is 0 Å². The summed E-state index contributed by atoms with van der Waals surface area (Å²) in [4.78, 5) is 31.0. The maximum Gasteiger partial charge on any atom is 0.329 e. The minimum Gasteiger partial charge on any atom is -0.493 e. The third-order valence-corrected chi connectivity index (χ3v) is 7.06. The average molecular weight is 593 g/mol. The van der Waals surface area contributed by atoms with Crippen molar-refractivity contribution < 1.29 is 28.2 Å². The van der Waals surface area contributed by atoms with Gasteiger partial charge in [0.25, 0.3) is 0 Å². The van der Waals surface area contributed by atoms with Crippen LogP contribution in [0, 0.1) is 5.82 Å². The quantitative estimate of drug-likeness (QED) is 0.181. The zero-order valence-corrected chi connectivity index (χ0v) is 24.5. The molecule has 3 aromatic carbocycles. The summed E-state index contributed by atoms with van der Waals surface area (Å²) < 4.78 is 34.8. The number of methoxy groups -OCH3 is 1. The third-order valence-electron chi connectivity index (χ3n) is 6.40. The highest BCUT2D eigenvalue weighted by Crippen LogP contribution is 2.37.